The third-order valence-corrected chi connectivity index (χ3v) is 5.57. The topological polar surface area (TPSA) is 83.4 Å². The van der Waals surface area contributed by atoms with Crippen molar-refractivity contribution in [3.05, 3.63) is 68.9 Å². The van der Waals surface area contributed by atoms with E-state index in [9.17, 15) is 14.7 Å². The highest BCUT2D eigenvalue weighted by Crippen LogP contribution is 2.42. The average molecular weight is 383 g/mol. The van der Waals surface area contributed by atoms with Crippen molar-refractivity contribution >= 4 is 45.3 Å². The van der Waals surface area contributed by atoms with Crippen LogP contribution in [0.3, 0.4) is 0 Å². The molecule has 2 aromatic heterocycles. The summed E-state index contributed by atoms with van der Waals surface area (Å²) in [5.74, 6) is -1.63. The van der Waals surface area contributed by atoms with Crippen LogP contribution in [0.1, 0.15) is 22.7 Å². The standard InChI is InChI=1S/C18H13N3O3S2/c1-10-2-4-11(5-3-10)15(22)13-14(12-6-7-25-8-12)21(17(24)16(13)23)18-20-19-9-26-18/h2-9,14,22H,1H3/b15-13+. The molecule has 3 heterocycles. The maximum absolute atomic E-state index is 12.7. The Labute approximate surface area is 157 Å². The quantitative estimate of drug-likeness (QED) is 0.425. The van der Waals surface area contributed by atoms with Crippen LogP contribution in [-0.4, -0.2) is 27.0 Å². The maximum atomic E-state index is 12.7. The molecule has 1 aromatic carbocycles. The zero-order valence-corrected chi connectivity index (χ0v) is 15.3. The van der Waals surface area contributed by atoms with Crippen molar-refractivity contribution < 1.29 is 14.7 Å². The van der Waals surface area contributed by atoms with Gasteiger partial charge in [0.05, 0.1) is 11.6 Å². The number of hydrogen-bond acceptors (Lipinski definition) is 7. The van der Waals surface area contributed by atoms with Gasteiger partial charge in [0.1, 0.15) is 11.3 Å². The molecular formula is C18H13N3O3S2. The zero-order chi connectivity index (χ0) is 18.3. The molecule has 0 radical (unpaired) electrons. The van der Waals surface area contributed by atoms with Gasteiger partial charge in [-0.3, -0.25) is 14.5 Å². The smallest absolute Gasteiger partial charge is 0.301 e. The van der Waals surface area contributed by atoms with Crippen LogP contribution in [0.4, 0.5) is 5.13 Å². The molecule has 6 nitrogen and oxygen atoms in total. The summed E-state index contributed by atoms with van der Waals surface area (Å²) < 4.78 is 0. The van der Waals surface area contributed by atoms with E-state index < -0.39 is 17.7 Å². The molecule has 130 valence electrons. The number of hydrogen-bond donors (Lipinski definition) is 1. The van der Waals surface area contributed by atoms with Gasteiger partial charge in [-0.05, 0) is 29.3 Å². The average Bonchev–Trinajstić information content (AvgIpc) is 3.37. The van der Waals surface area contributed by atoms with Crippen LogP contribution in [-0.2, 0) is 9.59 Å². The van der Waals surface area contributed by atoms with Crippen molar-refractivity contribution in [2.75, 3.05) is 4.90 Å². The first-order chi connectivity index (χ1) is 12.6. The molecule has 0 bridgehead atoms. The lowest BCUT2D eigenvalue weighted by Crippen LogP contribution is -2.29. The number of aryl methyl sites for hydroxylation is 1. The van der Waals surface area contributed by atoms with E-state index in [1.54, 1.807) is 12.1 Å². The Morgan fingerprint density at radius 2 is 1.96 bits per heavy atom. The molecule has 0 spiro atoms. The lowest BCUT2D eigenvalue weighted by atomic mass is 9.97. The Bertz CT molecular complexity index is 993. The second-order valence-electron chi connectivity index (χ2n) is 5.81. The van der Waals surface area contributed by atoms with Crippen molar-refractivity contribution in [2.45, 2.75) is 13.0 Å². The van der Waals surface area contributed by atoms with Crippen LogP contribution in [0, 0.1) is 6.92 Å². The van der Waals surface area contributed by atoms with Gasteiger partial charge in [-0.15, -0.1) is 10.2 Å². The normalized spacial score (nSPS) is 19.3. The van der Waals surface area contributed by atoms with Crippen LogP contribution in [0.25, 0.3) is 5.76 Å². The molecule has 4 rings (SSSR count). The van der Waals surface area contributed by atoms with Gasteiger partial charge in [0, 0.05) is 5.56 Å². The van der Waals surface area contributed by atoms with E-state index in [4.69, 9.17) is 0 Å². The van der Waals surface area contributed by atoms with Crippen molar-refractivity contribution in [2.24, 2.45) is 0 Å². The number of ketones is 1. The summed E-state index contributed by atoms with van der Waals surface area (Å²) in [6.45, 7) is 1.93. The van der Waals surface area contributed by atoms with Gasteiger partial charge >= 0.3 is 5.91 Å². The van der Waals surface area contributed by atoms with E-state index in [-0.39, 0.29) is 11.3 Å². The lowest BCUT2D eigenvalue weighted by molar-refractivity contribution is -0.132. The van der Waals surface area contributed by atoms with Gasteiger partial charge in [0.25, 0.3) is 5.78 Å². The van der Waals surface area contributed by atoms with E-state index in [0.717, 1.165) is 11.1 Å². The number of aromatic nitrogens is 2. The van der Waals surface area contributed by atoms with E-state index >= 15 is 0 Å². The second-order valence-corrected chi connectivity index (χ2v) is 7.40. The van der Waals surface area contributed by atoms with Crippen LogP contribution in [0.15, 0.2) is 52.2 Å². The number of amides is 1. The number of benzene rings is 1. The molecular weight excluding hydrogens is 370 g/mol. The third-order valence-electron chi connectivity index (χ3n) is 4.18. The Hall–Kier alpha value is -2.84. The molecule has 0 saturated carbocycles. The first-order valence-corrected chi connectivity index (χ1v) is 9.56. The fourth-order valence-electron chi connectivity index (χ4n) is 2.91. The fraction of sp³-hybridized carbons (Fsp3) is 0.111. The number of aliphatic hydroxyl groups excluding tert-OH is 1. The summed E-state index contributed by atoms with van der Waals surface area (Å²) in [6.07, 6.45) is 0. The highest BCUT2D eigenvalue weighted by molar-refractivity contribution is 7.13. The number of aliphatic hydroxyl groups is 1. The first kappa shape index (κ1) is 16.6. The Morgan fingerprint density at radius 3 is 2.58 bits per heavy atom. The molecule has 1 saturated heterocycles. The summed E-state index contributed by atoms with van der Waals surface area (Å²) in [4.78, 5) is 26.7. The maximum Gasteiger partial charge on any atom is 0.301 e. The van der Waals surface area contributed by atoms with Gasteiger partial charge in [-0.1, -0.05) is 41.2 Å². The summed E-state index contributed by atoms with van der Waals surface area (Å²) >= 11 is 2.62. The molecule has 26 heavy (non-hydrogen) atoms. The number of carbonyl (C=O) groups excluding carboxylic acids is 2. The number of thiophene rings is 1. The molecule has 1 aliphatic rings. The number of carbonyl (C=O) groups is 2. The van der Waals surface area contributed by atoms with Crippen LogP contribution in [0.2, 0.25) is 0 Å². The number of rotatable bonds is 3. The summed E-state index contributed by atoms with van der Waals surface area (Å²) in [7, 11) is 0. The van der Waals surface area contributed by atoms with Gasteiger partial charge in [-0.2, -0.15) is 11.3 Å². The minimum atomic E-state index is -0.727. The number of anilines is 1. The number of nitrogens with zero attached hydrogens (tertiary/aromatic N) is 3. The summed E-state index contributed by atoms with van der Waals surface area (Å²) in [5.41, 5.74) is 3.83. The van der Waals surface area contributed by atoms with E-state index in [1.807, 2.05) is 35.9 Å². The molecule has 1 atom stereocenters. The van der Waals surface area contributed by atoms with Crippen LogP contribution < -0.4 is 4.90 Å². The predicted octanol–water partition coefficient (Wildman–Crippen LogP) is 3.53. The Kier molecular flexibility index (Phi) is 4.14. The van der Waals surface area contributed by atoms with E-state index in [0.29, 0.717) is 10.7 Å². The highest BCUT2D eigenvalue weighted by atomic mass is 32.1. The lowest BCUT2D eigenvalue weighted by Gasteiger charge is -2.21. The zero-order valence-electron chi connectivity index (χ0n) is 13.6. The molecule has 1 aliphatic heterocycles. The van der Waals surface area contributed by atoms with Crippen molar-refractivity contribution in [3.63, 3.8) is 0 Å². The van der Waals surface area contributed by atoms with E-state index in [1.165, 1.54) is 33.1 Å². The SMILES string of the molecule is Cc1ccc(/C(O)=C2\C(=O)C(=O)N(c3nncs3)C2c2ccsc2)cc1. The first-order valence-electron chi connectivity index (χ1n) is 7.74. The van der Waals surface area contributed by atoms with Gasteiger partial charge in [0.2, 0.25) is 5.13 Å². The van der Waals surface area contributed by atoms with Crippen LogP contribution in [0.5, 0.6) is 0 Å². The molecule has 0 aliphatic carbocycles. The monoisotopic (exact) mass is 383 g/mol. The largest absolute Gasteiger partial charge is 0.507 e. The van der Waals surface area contributed by atoms with E-state index in [2.05, 4.69) is 10.2 Å². The predicted molar refractivity (Wildman–Crippen MR) is 100 cm³/mol. The van der Waals surface area contributed by atoms with Gasteiger partial charge in [0.15, 0.2) is 0 Å². The summed E-state index contributed by atoms with van der Waals surface area (Å²) in [5, 5.41) is 22.6. The number of Topliss-reactive ketones (excluding diaryl/α,β-unsaturated/α-hetero) is 1. The van der Waals surface area contributed by atoms with Gasteiger partial charge in [-0.25, -0.2) is 0 Å². The van der Waals surface area contributed by atoms with Crippen molar-refractivity contribution in [3.8, 4) is 0 Å². The molecule has 1 fully saturated rings. The molecule has 8 heteroatoms. The van der Waals surface area contributed by atoms with Gasteiger partial charge < -0.3 is 5.11 Å². The third kappa shape index (κ3) is 2.63. The van der Waals surface area contributed by atoms with Crippen molar-refractivity contribution in [1.29, 1.82) is 0 Å². The minimum absolute atomic E-state index is 0.0625. The molecule has 1 N–H and O–H groups in total. The Balaban J connectivity index is 1.92. The van der Waals surface area contributed by atoms with Crippen molar-refractivity contribution in [1.82, 2.24) is 10.2 Å². The molecule has 1 unspecified atom stereocenters. The van der Waals surface area contributed by atoms with Crippen LogP contribution >= 0.6 is 22.7 Å². The fourth-order valence-corrected chi connectivity index (χ4v) is 4.18. The molecule has 3 aromatic rings. The summed E-state index contributed by atoms with van der Waals surface area (Å²) in [6, 6.07) is 8.25. The second kappa shape index (κ2) is 6.47. The molecule has 1 amide bonds. The minimum Gasteiger partial charge on any atom is -0.507 e. The highest BCUT2D eigenvalue weighted by Gasteiger charge is 2.48. The Morgan fingerprint density at radius 1 is 1.19 bits per heavy atom.